The highest BCUT2D eigenvalue weighted by atomic mass is 32.2. The SMILES string of the molecule is CCS(=O)(=O)NCC1CN(CCOCc2ccccc2)Cc2cncn21. The summed E-state index contributed by atoms with van der Waals surface area (Å²) < 4.78 is 34.0. The van der Waals surface area contributed by atoms with E-state index >= 15 is 0 Å². The molecule has 0 saturated carbocycles. The molecule has 8 heteroatoms. The van der Waals surface area contributed by atoms with Crippen LogP contribution in [0.4, 0.5) is 0 Å². The molecular formula is C18H26N4O3S. The van der Waals surface area contributed by atoms with Crippen LogP contribution in [-0.4, -0.2) is 54.9 Å². The predicted molar refractivity (Wildman–Crippen MR) is 100 cm³/mol. The van der Waals surface area contributed by atoms with Crippen molar-refractivity contribution in [1.29, 1.82) is 0 Å². The van der Waals surface area contributed by atoms with Gasteiger partial charge in [-0.25, -0.2) is 18.1 Å². The number of hydrogen-bond donors (Lipinski definition) is 1. The molecule has 1 atom stereocenters. The molecule has 2 aromatic rings. The third-order valence-electron chi connectivity index (χ3n) is 4.58. The summed E-state index contributed by atoms with van der Waals surface area (Å²) in [6.45, 7) is 5.62. The zero-order chi connectivity index (χ0) is 18.4. The van der Waals surface area contributed by atoms with E-state index < -0.39 is 10.0 Å². The van der Waals surface area contributed by atoms with E-state index in [2.05, 4.69) is 31.3 Å². The molecule has 0 amide bonds. The summed E-state index contributed by atoms with van der Waals surface area (Å²) in [4.78, 5) is 6.50. The van der Waals surface area contributed by atoms with Crippen LogP contribution in [0.1, 0.15) is 24.2 Å². The molecule has 1 aromatic carbocycles. The largest absolute Gasteiger partial charge is 0.375 e. The van der Waals surface area contributed by atoms with Gasteiger partial charge in [0.15, 0.2) is 0 Å². The van der Waals surface area contributed by atoms with Gasteiger partial charge in [0.25, 0.3) is 0 Å². The molecule has 0 aliphatic carbocycles. The quantitative estimate of drug-likeness (QED) is 0.668. The highest BCUT2D eigenvalue weighted by Crippen LogP contribution is 2.20. The number of ether oxygens (including phenoxy) is 1. The molecule has 142 valence electrons. The molecule has 0 bridgehead atoms. The van der Waals surface area contributed by atoms with Gasteiger partial charge in [0.1, 0.15) is 0 Å². The summed E-state index contributed by atoms with van der Waals surface area (Å²) in [5.74, 6) is 0.0908. The zero-order valence-corrected chi connectivity index (χ0v) is 15.9. The number of sulfonamides is 1. The number of rotatable bonds is 9. The van der Waals surface area contributed by atoms with E-state index in [1.54, 1.807) is 13.3 Å². The van der Waals surface area contributed by atoms with Crippen LogP contribution in [0, 0.1) is 0 Å². The van der Waals surface area contributed by atoms with Crippen molar-refractivity contribution in [2.75, 3.05) is 32.0 Å². The van der Waals surface area contributed by atoms with Gasteiger partial charge in [-0.15, -0.1) is 0 Å². The minimum Gasteiger partial charge on any atom is -0.375 e. The first-order valence-corrected chi connectivity index (χ1v) is 10.5. The van der Waals surface area contributed by atoms with Crippen LogP contribution in [-0.2, 0) is 27.9 Å². The van der Waals surface area contributed by atoms with Crippen molar-refractivity contribution in [2.24, 2.45) is 0 Å². The van der Waals surface area contributed by atoms with E-state index in [4.69, 9.17) is 4.74 Å². The summed E-state index contributed by atoms with van der Waals surface area (Å²) in [7, 11) is -3.20. The molecule has 0 radical (unpaired) electrons. The van der Waals surface area contributed by atoms with Crippen LogP contribution in [0.2, 0.25) is 0 Å². The van der Waals surface area contributed by atoms with Crippen molar-refractivity contribution >= 4 is 10.0 Å². The molecule has 1 aromatic heterocycles. The van der Waals surface area contributed by atoms with E-state index in [1.165, 1.54) is 0 Å². The van der Waals surface area contributed by atoms with Crippen LogP contribution in [0.3, 0.4) is 0 Å². The fourth-order valence-electron chi connectivity index (χ4n) is 3.08. The number of nitrogens with one attached hydrogen (secondary N) is 1. The highest BCUT2D eigenvalue weighted by molar-refractivity contribution is 7.89. The van der Waals surface area contributed by atoms with Crippen molar-refractivity contribution in [2.45, 2.75) is 26.1 Å². The second-order valence-corrected chi connectivity index (χ2v) is 8.57. The van der Waals surface area contributed by atoms with Crippen LogP contribution in [0.15, 0.2) is 42.9 Å². The molecule has 0 spiro atoms. The first-order chi connectivity index (χ1) is 12.6. The summed E-state index contributed by atoms with van der Waals surface area (Å²) in [6, 6.07) is 10.1. The van der Waals surface area contributed by atoms with E-state index in [0.29, 0.717) is 19.8 Å². The third kappa shape index (κ3) is 5.14. The minimum absolute atomic E-state index is 0.0386. The average Bonchev–Trinajstić information content (AvgIpc) is 3.13. The lowest BCUT2D eigenvalue weighted by Gasteiger charge is -2.34. The van der Waals surface area contributed by atoms with Crippen LogP contribution in [0.5, 0.6) is 0 Å². The van der Waals surface area contributed by atoms with E-state index in [9.17, 15) is 8.42 Å². The summed E-state index contributed by atoms with van der Waals surface area (Å²) in [6.07, 6.45) is 3.63. The molecule has 3 rings (SSSR count). The van der Waals surface area contributed by atoms with Crippen LogP contribution < -0.4 is 4.72 Å². The minimum atomic E-state index is -3.20. The number of hydrogen-bond acceptors (Lipinski definition) is 5. The van der Waals surface area contributed by atoms with E-state index in [1.807, 2.05) is 24.4 Å². The second-order valence-electron chi connectivity index (χ2n) is 6.47. The first-order valence-electron chi connectivity index (χ1n) is 8.89. The maximum absolute atomic E-state index is 11.7. The van der Waals surface area contributed by atoms with Crippen LogP contribution >= 0.6 is 0 Å². The summed E-state index contributed by atoms with van der Waals surface area (Å²) in [5.41, 5.74) is 2.26. The van der Waals surface area contributed by atoms with Crippen molar-refractivity contribution in [3.05, 3.63) is 54.1 Å². The van der Waals surface area contributed by atoms with Gasteiger partial charge < -0.3 is 9.30 Å². The van der Waals surface area contributed by atoms with Gasteiger partial charge >= 0.3 is 0 Å². The van der Waals surface area contributed by atoms with Gasteiger partial charge in [-0.1, -0.05) is 30.3 Å². The van der Waals surface area contributed by atoms with Gasteiger partial charge in [-0.05, 0) is 12.5 Å². The monoisotopic (exact) mass is 378 g/mol. The van der Waals surface area contributed by atoms with Gasteiger partial charge in [0, 0.05) is 32.4 Å². The Morgan fingerprint density at radius 2 is 2.12 bits per heavy atom. The molecular weight excluding hydrogens is 352 g/mol. The Kier molecular flexibility index (Phi) is 6.42. The molecule has 2 heterocycles. The number of aromatic nitrogens is 2. The number of nitrogens with zero attached hydrogens (tertiary/aromatic N) is 3. The molecule has 7 nitrogen and oxygen atoms in total. The Labute approximate surface area is 155 Å². The smallest absolute Gasteiger partial charge is 0.211 e. The number of benzene rings is 1. The van der Waals surface area contributed by atoms with E-state index in [-0.39, 0.29) is 11.8 Å². The molecule has 1 N–H and O–H groups in total. The van der Waals surface area contributed by atoms with Crippen LogP contribution in [0.25, 0.3) is 0 Å². The third-order valence-corrected chi connectivity index (χ3v) is 5.94. The highest BCUT2D eigenvalue weighted by Gasteiger charge is 2.25. The summed E-state index contributed by atoms with van der Waals surface area (Å²) in [5, 5.41) is 0. The fourth-order valence-corrected chi connectivity index (χ4v) is 3.73. The lowest BCUT2D eigenvalue weighted by atomic mass is 10.2. The number of fused-ring (bicyclic) bond motifs is 1. The van der Waals surface area contributed by atoms with Crippen molar-refractivity contribution < 1.29 is 13.2 Å². The number of imidazole rings is 1. The topological polar surface area (TPSA) is 76.5 Å². The van der Waals surface area contributed by atoms with Gasteiger partial charge in [0.05, 0.1) is 37.0 Å². The molecule has 1 aliphatic rings. The van der Waals surface area contributed by atoms with E-state index in [0.717, 1.165) is 30.9 Å². The van der Waals surface area contributed by atoms with Crippen molar-refractivity contribution in [1.82, 2.24) is 19.2 Å². The Bertz CT molecular complexity index is 792. The Balaban J connectivity index is 1.51. The standard InChI is InChI=1S/C18H26N4O3S/c1-2-26(23,24)20-11-18-13-21(12-17-10-19-15-22(17)18)8-9-25-14-16-6-4-3-5-7-16/h3-7,10,15,18,20H,2,8-9,11-14H2,1H3. The fraction of sp³-hybridized carbons (Fsp3) is 0.500. The first kappa shape index (κ1) is 19.0. The molecule has 1 unspecified atom stereocenters. The maximum atomic E-state index is 11.7. The summed E-state index contributed by atoms with van der Waals surface area (Å²) >= 11 is 0. The normalized spacial score (nSPS) is 18.0. The molecule has 26 heavy (non-hydrogen) atoms. The Morgan fingerprint density at radius 1 is 1.31 bits per heavy atom. The van der Waals surface area contributed by atoms with Crippen molar-refractivity contribution in [3.8, 4) is 0 Å². The predicted octanol–water partition coefficient (Wildman–Crippen LogP) is 1.40. The van der Waals surface area contributed by atoms with Gasteiger partial charge in [0.2, 0.25) is 10.0 Å². The Morgan fingerprint density at radius 3 is 2.88 bits per heavy atom. The second kappa shape index (κ2) is 8.77. The van der Waals surface area contributed by atoms with Gasteiger partial charge in [-0.3, -0.25) is 4.90 Å². The average molecular weight is 378 g/mol. The molecule has 0 saturated heterocycles. The maximum Gasteiger partial charge on any atom is 0.211 e. The van der Waals surface area contributed by atoms with Gasteiger partial charge in [-0.2, -0.15) is 0 Å². The zero-order valence-electron chi connectivity index (χ0n) is 15.0. The molecule has 1 aliphatic heterocycles. The lowest BCUT2D eigenvalue weighted by Crippen LogP contribution is -2.43. The van der Waals surface area contributed by atoms with Crippen molar-refractivity contribution in [3.63, 3.8) is 0 Å². The Hall–Kier alpha value is -1.74. The molecule has 0 fully saturated rings. The lowest BCUT2D eigenvalue weighted by molar-refractivity contribution is 0.0777.